The first-order chi connectivity index (χ1) is 8.49. The third kappa shape index (κ3) is 2.74. The summed E-state index contributed by atoms with van der Waals surface area (Å²) in [6.07, 6.45) is 0. The summed E-state index contributed by atoms with van der Waals surface area (Å²) in [5, 5.41) is 4.23. The van der Waals surface area contributed by atoms with Gasteiger partial charge in [0.1, 0.15) is 0 Å². The van der Waals surface area contributed by atoms with Crippen molar-refractivity contribution in [3.05, 3.63) is 50.4 Å². The summed E-state index contributed by atoms with van der Waals surface area (Å²) >= 11 is 15.8. The number of hydrogen-bond acceptors (Lipinski definition) is 2. The number of nitrogens with two attached hydrogens (primary N) is 1. The van der Waals surface area contributed by atoms with Crippen LogP contribution in [0.15, 0.2) is 34.8 Å². The third-order valence-electron chi connectivity index (χ3n) is 2.59. The van der Waals surface area contributed by atoms with Crippen molar-refractivity contribution in [2.24, 2.45) is 0 Å². The number of anilines is 3. The highest BCUT2D eigenvalue weighted by molar-refractivity contribution is 9.10. The molecule has 18 heavy (non-hydrogen) atoms. The van der Waals surface area contributed by atoms with Crippen LogP contribution in [0, 0.1) is 6.92 Å². The van der Waals surface area contributed by atoms with E-state index in [1.807, 2.05) is 25.1 Å². The Morgan fingerprint density at radius 1 is 1.17 bits per heavy atom. The van der Waals surface area contributed by atoms with E-state index in [9.17, 15) is 0 Å². The van der Waals surface area contributed by atoms with Crippen molar-refractivity contribution in [2.75, 3.05) is 11.1 Å². The quantitative estimate of drug-likeness (QED) is 0.716. The third-order valence-corrected chi connectivity index (χ3v) is 4.05. The van der Waals surface area contributed by atoms with E-state index >= 15 is 0 Å². The second kappa shape index (κ2) is 5.39. The molecule has 0 aromatic heterocycles. The summed E-state index contributed by atoms with van der Waals surface area (Å²) in [7, 11) is 0. The SMILES string of the molecule is Cc1c(Br)cccc1Nc1c(Cl)cc(N)cc1Cl. The average molecular weight is 346 g/mol. The number of benzene rings is 2. The van der Waals surface area contributed by atoms with Crippen molar-refractivity contribution in [1.82, 2.24) is 0 Å². The largest absolute Gasteiger partial charge is 0.399 e. The second-order valence-electron chi connectivity index (χ2n) is 3.90. The van der Waals surface area contributed by atoms with Crippen molar-refractivity contribution in [3.63, 3.8) is 0 Å². The molecule has 0 saturated carbocycles. The molecule has 2 nitrogen and oxygen atoms in total. The Morgan fingerprint density at radius 2 is 1.78 bits per heavy atom. The van der Waals surface area contributed by atoms with E-state index < -0.39 is 0 Å². The molecule has 2 rings (SSSR count). The van der Waals surface area contributed by atoms with Gasteiger partial charge >= 0.3 is 0 Å². The fourth-order valence-electron chi connectivity index (χ4n) is 1.59. The molecule has 94 valence electrons. The van der Waals surface area contributed by atoms with Crippen molar-refractivity contribution >= 4 is 56.2 Å². The van der Waals surface area contributed by atoms with Crippen LogP contribution in [-0.2, 0) is 0 Å². The fraction of sp³-hybridized carbons (Fsp3) is 0.0769. The number of nitrogens with one attached hydrogen (secondary N) is 1. The lowest BCUT2D eigenvalue weighted by Gasteiger charge is -2.14. The number of hydrogen-bond donors (Lipinski definition) is 2. The van der Waals surface area contributed by atoms with Crippen LogP contribution in [0.3, 0.4) is 0 Å². The first-order valence-corrected chi connectivity index (χ1v) is 6.80. The van der Waals surface area contributed by atoms with E-state index in [2.05, 4.69) is 21.2 Å². The van der Waals surface area contributed by atoms with Gasteiger partial charge in [0.2, 0.25) is 0 Å². The van der Waals surface area contributed by atoms with Crippen LogP contribution in [0.1, 0.15) is 5.56 Å². The minimum Gasteiger partial charge on any atom is -0.399 e. The molecule has 0 unspecified atom stereocenters. The molecule has 0 spiro atoms. The maximum absolute atomic E-state index is 6.14. The lowest BCUT2D eigenvalue weighted by Crippen LogP contribution is -1.96. The predicted octanol–water partition coefficient (Wildman–Crippen LogP) is 5.39. The smallest absolute Gasteiger partial charge is 0.0764 e. The van der Waals surface area contributed by atoms with E-state index in [0.717, 1.165) is 15.7 Å². The molecule has 0 amide bonds. The Hall–Kier alpha value is -0.900. The Labute approximate surface area is 124 Å². The summed E-state index contributed by atoms with van der Waals surface area (Å²) in [4.78, 5) is 0. The van der Waals surface area contributed by atoms with Crippen LogP contribution in [-0.4, -0.2) is 0 Å². The highest BCUT2D eigenvalue weighted by atomic mass is 79.9. The number of halogens is 3. The summed E-state index contributed by atoms with van der Waals surface area (Å²) in [6, 6.07) is 9.22. The van der Waals surface area contributed by atoms with Gasteiger partial charge in [-0.05, 0) is 36.8 Å². The van der Waals surface area contributed by atoms with E-state index in [1.54, 1.807) is 12.1 Å². The molecule has 0 heterocycles. The van der Waals surface area contributed by atoms with Crippen molar-refractivity contribution in [2.45, 2.75) is 6.92 Å². The summed E-state index contributed by atoms with van der Waals surface area (Å²) in [5.41, 5.74) is 8.90. The minimum atomic E-state index is 0.499. The normalized spacial score (nSPS) is 10.4. The van der Waals surface area contributed by atoms with Gasteiger partial charge in [0.25, 0.3) is 0 Å². The molecule has 0 atom stereocenters. The molecule has 0 aliphatic heterocycles. The molecular weight excluding hydrogens is 335 g/mol. The standard InChI is InChI=1S/C13H11BrCl2N2/c1-7-9(14)3-2-4-12(7)18-13-10(15)5-8(17)6-11(13)16/h2-6,18H,17H2,1H3. The Bertz CT molecular complexity index is 577. The molecule has 2 aromatic rings. The fourth-order valence-corrected chi connectivity index (χ4v) is 2.55. The maximum atomic E-state index is 6.14. The van der Waals surface area contributed by atoms with E-state index in [-0.39, 0.29) is 0 Å². The second-order valence-corrected chi connectivity index (χ2v) is 5.57. The van der Waals surface area contributed by atoms with E-state index in [1.165, 1.54) is 0 Å². The Balaban J connectivity index is 2.43. The van der Waals surface area contributed by atoms with Gasteiger partial charge in [0.15, 0.2) is 0 Å². The number of nitrogen functional groups attached to an aromatic ring is 1. The van der Waals surface area contributed by atoms with Gasteiger partial charge in [-0.15, -0.1) is 0 Å². The molecule has 0 saturated heterocycles. The van der Waals surface area contributed by atoms with Crippen LogP contribution in [0.5, 0.6) is 0 Å². The Morgan fingerprint density at radius 3 is 2.39 bits per heavy atom. The molecule has 0 fully saturated rings. The molecule has 0 bridgehead atoms. The molecule has 5 heteroatoms. The zero-order valence-electron chi connectivity index (χ0n) is 9.60. The Kier molecular flexibility index (Phi) is 4.05. The average Bonchev–Trinajstić information content (AvgIpc) is 2.28. The highest BCUT2D eigenvalue weighted by Gasteiger charge is 2.09. The van der Waals surface area contributed by atoms with E-state index in [4.69, 9.17) is 28.9 Å². The van der Waals surface area contributed by atoms with E-state index in [0.29, 0.717) is 21.4 Å². The molecule has 0 radical (unpaired) electrons. The van der Waals surface area contributed by atoms with Gasteiger partial charge in [-0.1, -0.05) is 45.2 Å². The van der Waals surface area contributed by atoms with Gasteiger partial charge < -0.3 is 11.1 Å². The summed E-state index contributed by atoms with van der Waals surface area (Å²) in [6.45, 7) is 2.01. The van der Waals surface area contributed by atoms with Gasteiger partial charge in [-0.3, -0.25) is 0 Å². The first-order valence-electron chi connectivity index (χ1n) is 5.25. The lowest BCUT2D eigenvalue weighted by molar-refractivity contribution is 1.40. The van der Waals surface area contributed by atoms with Crippen LogP contribution in [0.25, 0.3) is 0 Å². The maximum Gasteiger partial charge on any atom is 0.0764 e. The van der Waals surface area contributed by atoms with Crippen LogP contribution < -0.4 is 11.1 Å². The molecule has 0 aliphatic carbocycles. The van der Waals surface area contributed by atoms with Crippen molar-refractivity contribution in [3.8, 4) is 0 Å². The highest BCUT2D eigenvalue weighted by Crippen LogP contribution is 2.36. The lowest BCUT2D eigenvalue weighted by atomic mass is 10.2. The van der Waals surface area contributed by atoms with Crippen molar-refractivity contribution < 1.29 is 0 Å². The van der Waals surface area contributed by atoms with Crippen LogP contribution >= 0.6 is 39.1 Å². The molecular formula is C13H11BrCl2N2. The van der Waals surface area contributed by atoms with Crippen LogP contribution in [0.2, 0.25) is 10.0 Å². The molecule has 0 aliphatic rings. The monoisotopic (exact) mass is 344 g/mol. The van der Waals surface area contributed by atoms with Crippen LogP contribution in [0.4, 0.5) is 17.1 Å². The van der Waals surface area contributed by atoms with Gasteiger partial charge in [-0.25, -0.2) is 0 Å². The van der Waals surface area contributed by atoms with Gasteiger partial charge in [0, 0.05) is 15.8 Å². The zero-order chi connectivity index (χ0) is 13.3. The summed E-state index contributed by atoms with van der Waals surface area (Å²) in [5.74, 6) is 0. The first kappa shape index (κ1) is 13.5. The van der Waals surface area contributed by atoms with Crippen molar-refractivity contribution in [1.29, 1.82) is 0 Å². The van der Waals surface area contributed by atoms with Gasteiger partial charge in [0.05, 0.1) is 15.7 Å². The molecule has 2 aromatic carbocycles. The summed E-state index contributed by atoms with van der Waals surface area (Å²) < 4.78 is 1.02. The topological polar surface area (TPSA) is 38.0 Å². The number of rotatable bonds is 2. The molecule has 3 N–H and O–H groups in total. The predicted molar refractivity (Wildman–Crippen MR) is 83.0 cm³/mol. The minimum absolute atomic E-state index is 0.499. The zero-order valence-corrected chi connectivity index (χ0v) is 12.7. The van der Waals surface area contributed by atoms with Gasteiger partial charge in [-0.2, -0.15) is 0 Å².